The summed E-state index contributed by atoms with van der Waals surface area (Å²) in [6.45, 7) is 0.390. The second-order valence-electron chi connectivity index (χ2n) is 2.67. The lowest BCUT2D eigenvalue weighted by Crippen LogP contribution is -2.22. The molecule has 0 aromatic carbocycles. The third kappa shape index (κ3) is 1.69. The highest BCUT2D eigenvalue weighted by molar-refractivity contribution is 7.15. The van der Waals surface area contributed by atoms with E-state index < -0.39 is 6.09 Å². The smallest absolute Gasteiger partial charge is 0.407 e. The molecule has 0 aliphatic heterocycles. The van der Waals surface area contributed by atoms with E-state index in [4.69, 9.17) is 0 Å². The molecule has 0 spiro atoms. The van der Waals surface area contributed by atoms with Gasteiger partial charge in [-0.15, -0.1) is 11.3 Å². The standard InChI is InChI=1S/C8H9N3O2S/c1-13-8(12)9-4-6-5-11-2-3-14-7(11)10-6/h2-3,5H,4H2,1H3,(H,9,12). The quantitative estimate of drug-likeness (QED) is 0.813. The summed E-state index contributed by atoms with van der Waals surface area (Å²) >= 11 is 1.56. The van der Waals surface area contributed by atoms with E-state index in [1.807, 2.05) is 22.2 Å². The molecule has 2 aromatic heterocycles. The van der Waals surface area contributed by atoms with Gasteiger partial charge in [-0.25, -0.2) is 9.78 Å². The molecule has 2 aromatic rings. The SMILES string of the molecule is COC(=O)NCc1cn2ccsc2n1. The molecule has 2 rings (SSSR count). The van der Waals surface area contributed by atoms with E-state index >= 15 is 0 Å². The summed E-state index contributed by atoms with van der Waals surface area (Å²) in [6.07, 6.45) is 3.36. The Hall–Kier alpha value is -1.56. The topological polar surface area (TPSA) is 55.6 Å². The van der Waals surface area contributed by atoms with Crippen LogP contribution < -0.4 is 5.32 Å². The highest BCUT2D eigenvalue weighted by Gasteiger charge is 2.03. The van der Waals surface area contributed by atoms with E-state index in [0.29, 0.717) is 6.54 Å². The van der Waals surface area contributed by atoms with Crippen molar-refractivity contribution in [2.75, 3.05) is 7.11 Å². The van der Waals surface area contributed by atoms with Crippen molar-refractivity contribution in [3.05, 3.63) is 23.5 Å². The van der Waals surface area contributed by atoms with Crippen LogP contribution in [0, 0.1) is 0 Å². The van der Waals surface area contributed by atoms with Crippen LogP contribution in [0.1, 0.15) is 5.69 Å². The molecule has 0 aliphatic rings. The third-order valence-corrected chi connectivity index (χ3v) is 2.51. The number of rotatable bonds is 2. The number of alkyl carbamates (subject to hydrolysis) is 1. The number of methoxy groups -OCH3 is 1. The van der Waals surface area contributed by atoms with E-state index in [1.54, 1.807) is 11.3 Å². The third-order valence-electron chi connectivity index (χ3n) is 1.74. The molecular formula is C8H9N3O2S. The Morgan fingerprint density at radius 3 is 3.36 bits per heavy atom. The van der Waals surface area contributed by atoms with Crippen LogP contribution in [0.25, 0.3) is 4.96 Å². The van der Waals surface area contributed by atoms with Crippen LogP contribution in [0.4, 0.5) is 4.79 Å². The number of nitrogens with one attached hydrogen (secondary N) is 1. The molecule has 74 valence electrons. The number of carbonyl (C=O) groups is 1. The Morgan fingerprint density at radius 1 is 1.79 bits per heavy atom. The average molecular weight is 211 g/mol. The van der Waals surface area contributed by atoms with E-state index in [0.717, 1.165) is 10.7 Å². The monoisotopic (exact) mass is 211 g/mol. The normalized spacial score (nSPS) is 10.4. The van der Waals surface area contributed by atoms with Gasteiger partial charge in [0.1, 0.15) is 0 Å². The zero-order valence-corrected chi connectivity index (χ0v) is 8.37. The molecule has 1 amide bonds. The van der Waals surface area contributed by atoms with Gasteiger partial charge in [0.15, 0.2) is 4.96 Å². The molecule has 0 bridgehead atoms. The fourth-order valence-electron chi connectivity index (χ4n) is 1.10. The Kier molecular flexibility index (Phi) is 2.36. The molecule has 14 heavy (non-hydrogen) atoms. The van der Waals surface area contributed by atoms with Crippen LogP contribution in [0.2, 0.25) is 0 Å². The number of amides is 1. The van der Waals surface area contributed by atoms with Crippen molar-refractivity contribution < 1.29 is 9.53 Å². The maximum absolute atomic E-state index is 10.8. The molecule has 2 heterocycles. The lowest BCUT2D eigenvalue weighted by atomic mass is 10.5. The van der Waals surface area contributed by atoms with Gasteiger partial charge in [0.25, 0.3) is 0 Å². The van der Waals surface area contributed by atoms with Crippen molar-refractivity contribution >= 4 is 22.4 Å². The fraction of sp³-hybridized carbons (Fsp3) is 0.250. The Labute approximate surface area is 84.3 Å². The van der Waals surface area contributed by atoms with Gasteiger partial charge in [0.2, 0.25) is 0 Å². The van der Waals surface area contributed by atoms with E-state index in [9.17, 15) is 4.79 Å². The van der Waals surface area contributed by atoms with Crippen LogP contribution in [0.15, 0.2) is 17.8 Å². The van der Waals surface area contributed by atoms with E-state index in [2.05, 4.69) is 15.0 Å². The van der Waals surface area contributed by atoms with Crippen molar-refractivity contribution in [1.29, 1.82) is 0 Å². The predicted molar refractivity (Wildman–Crippen MR) is 52.3 cm³/mol. The number of aromatic nitrogens is 2. The number of nitrogens with zero attached hydrogens (tertiary/aromatic N) is 2. The van der Waals surface area contributed by atoms with Crippen molar-refractivity contribution in [2.24, 2.45) is 0 Å². The highest BCUT2D eigenvalue weighted by Crippen LogP contribution is 2.10. The lowest BCUT2D eigenvalue weighted by Gasteiger charge is -1.99. The predicted octanol–water partition coefficient (Wildman–Crippen LogP) is 1.25. The second kappa shape index (κ2) is 3.67. The summed E-state index contributed by atoms with van der Waals surface area (Å²) in [5.74, 6) is 0. The number of fused-ring (bicyclic) bond motifs is 1. The van der Waals surface area contributed by atoms with Gasteiger partial charge in [-0.1, -0.05) is 0 Å². The van der Waals surface area contributed by atoms with E-state index in [-0.39, 0.29) is 0 Å². The molecule has 0 unspecified atom stereocenters. The Balaban J connectivity index is 2.05. The number of carbonyl (C=O) groups excluding carboxylic acids is 1. The Morgan fingerprint density at radius 2 is 2.64 bits per heavy atom. The summed E-state index contributed by atoms with van der Waals surface area (Å²) in [6, 6.07) is 0. The summed E-state index contributed by atoms with van der Waals surface area (Å²) in [5, 5.41) is 4.53. The molecule has 0 radical (unpaired) electrons. The van der Waals surface area contributed by atoms with Gasteiger partial charge in [0, 0.05) is 17.8 Å². The van der Waals surface area contributed by atoms with Crippen LogP contribution in [-0.4, -0.2) is 22.6 Å². The van der Waals surface area contributed by atoms with Gasteiger partial charge >= 0.3 is 6.09 Å². The first-order valence-corrected chi connectivity index (χ1v) is 4.90. The number of thiazole rings is 1. The molecule has 0 saturated carbocycles. The van der Waals surface area contributed by atoms with Crippen LogP contribution in [0.5, 0.6) is 0 Å². The van der Waals surface area contributed by atoms with Gasteiger partial charge in [0.05, 0.1) is 19.3 Å². The summed E-state index contributed by atoms with van der Waals surface area (Å²) in [7, 11) is 1.33. The average Bonchev–Trinajstić information content (AvgIpc) is 2.73. The molecular weight excluding hydrogens is 202 g/mol. The second-order valence-corrected chi connectivity index (χ2v) is 3.54. The minimum absolute atomic E-state index is 0.390. The van der Waals surface area contributed by atoms with Crippen LogP contribution in [0.3, 0.4) is 0 Å². The lowest BCUT2D eigenvalue weighted by molar-refractivity contribution is 0.170. The van der Waals surface area contributed by atoms with Crippen molar-refractivity contribution in [1.82, 2.24) is 14.7 Å². The molecule has 6 heteroatoms. The van der Waals surface area contributed by atoms with Gasteiger partial charge < -0.3 is 10.1 Å². The first-order valence-electron chi connectivity index (χ1n) is 4.02. The molecule has 1 N–H and O–H groups in total. The minimum Gasteiger partial charge on any atom is -0.453 e. The number of imidazole rings is 1. The molecule has 0 atom stereocenters. The largest absolute Gasteiger partial charge is 0.453 e. The highest BCUT2D eigenvalue weighted by atomic mass is 32.1. The molecule has 0 aliphatic carbocycles. The zero-order chi connectivity index (χ0) is 9.97. The van der Waals surface area contributed by atoms with Crippen LogP contribution in [-0.2, 0) is 11.3 Å². The van der Waals surface area contributed by atoms with Crippen LogP contribution >= 0.6 is 11.3 Å². The van der Waals surface area contributed by atoms with Crippen molar-refractivity contribution in [2.45, 2.75) is 6.54 Å². The summed E-state index contributed by atoms with van der Waals surface area (Å²) in [5.41, 5.74) is 0.822. The van der Waals surface area contributed by atoms with E-state index in [1.165, 1.54) is 7.11 Å². The summed E-state index contributed by atoms with van der Waals surface area (Å²) in [4.78, 5) is 16.0. The minimum atomic E-state index is -0.443. The van der Waals surface area contributed by atoms with Crippen molar-refractivity contribution in [3.63, 3.8) is 0 Å². The first-order chi connectivity index (χ1) is 6.79. The number of hydrogen-bond acceptors (Lipinski definition) is 4. The van der Waals surface area contributed by atoms with Gasteiger partial charge in [-0.3, -0.25) is 4.40 Å². The molecule has 0 saturated heterocycles. The molecule has 0 fully saturated rings. The van der Waals surface area contributed by atoms with Gasteiger partial charge in [-0.05, 0) is 0 Å². The number of hydrogen-bond donors (Lipinski definition) is 1. The fourth-order valence-corrected chi connectivity index (χ4v) is 1.82. The van der Waals surface area contributed by atoms with Gasteiger partial charge in [-0.2, -0.15) is 0 Å². The maximum atomic E-state index is 10.8. The number of ether oxygens (including phenoxy) is 1. The summed E-state index contributed by atoms with van der Waals surface area (Å²) < 4.78 is 6.36. The maximum Gasteiger partial charge on any atom is 0.407 e. The molecule has 5 nitrogen and oxygen atoms in total. The Bertz CT molecular complexity index is 420. The first kappa shape index (κ1) is 9.01. The van der Waals surface area contributed by atoms with Crippen molar-refractivity contribution in [3.8, 4) is 0 Å². The zero-order valence-electron chi connectivity index (χ0n) is 7.56.